The van der Waals surface area contributed by atoms with Crippen LogP contribution in [0.2, 0.25) is 0 Å². The molecule has 1 aliphatic rings. The number of hydrogen-bond donors (Lipinski definition) is 3. The van der Waals surface area contributed by atoms with Gasteiger partial charge in [0.25, 0.3) is 0 Å². The summed E-state index contributed by atoms with van der Waals surface area (Å²) in [5.41, 5.74) is 5.90. The minimum atomic E-state index is -0.372. The van der Waals surface area contributed by atoms with Gasteiger partial charge in [-0.2, -0.15) is 0 Å². The lowest BCUT2D eigenvalue weighted by Gasteiger charge is -2.19. The summed E-state index contributed by atoms with van der Waals surface area (Å²) >= 11 is 1.33. The first-order valence-electron chi connectivity index (χ1n) is 7.38. The van der Waals surface area contributed by atoms with Crippen molar-refractivity contribution in [1.82, 2.24) is 10.2 Å². The Morgan fingerprint density at radius 2 is 2.09 bits per heavy atom. The van der Waals surface area contributed by atoms with Crippen LogP contribution in [0.4, 0.5) is 5.69 Å². The van der Waals surface area contributed by atoms with Gasteiger partial charge in [0.2, 0.25) is 11.8 Å². The molecule has 1 aromatic rings. The van der Waals surface area contributed by atoms with E-state index < -0.39 is 0 Å². The van der Waals surface area contributed by atoms with E-state index in [1.54, 1.807) is 0 Å². The van der Waals surface area contributed by atoms with Gasteiger partial charge in [0, 0.05) is 18.0 Å². The van der Waals surface area contributed by atoms with Crippen LogP contribution in [0, 0.1) is 0 Å². The van der Waals surface area contributed by atoms with Gasteiger partial charge in [0.05, 0.1) is 18.0 Å². The van der Waals surface area contributed by atoms with Gasteiger partial charge in [-0.15, -0.1) is 11.8 Å². The summed E-state index contributed by atoms with van der Waals surface area (Å²) in [6, 6.07) is 7.45. The molecule has 0 radical (unpaired) electrons. The highest BCUT2D eigenvalue weighted by Gasteiger charge is 2.14. The fourth-order valence-corrected chi connectivity index (χ4v) is 3.04. The van der Waals surface area contributed by atoms with Crippen molar-refractivity contribution >= 4 is 29.3 Å². The summed E-state index contributed by atoms with van der Waals surface area (Å²) in [4.78, 5) is 26.1. The molecule has 0 atom stereocenters. The molecule has 0 saturated carbocycles. The first-order valence-corrected chi connectivity index (χ1v) is 8.37. The third kappa shape index (κ3) is 5.67. The fourth-order valence-electron chi connectivity index (χ4n) is 2.30. The molecule has 6 nitrogen and oxygen atoms in total. The number of rotatable bonds is 6. The molecule has 2 amide bonds. The highest BCUT2D eigenvalue weighted by Crippen LogP contribution is 2.26. The van der Waals surface area contributed by atoms with Crippen molar-refractivity contribution in [3.63, 3.8) is 0 Å². The molecule has 22 heavy (non-hydrogen) atoms. The summed E-state index contributed by atoms with van der Waals surface area (Å²) in [5, 5.41) is 6.24. The number of nitrogens with two attached hydrogens (primary N) is 1. The Hall–Kier alpha value is -1.57. The van der Waals surface area contributed by atoms with Crippen molar-refractivity contribution in [3.8, 4) is 0 Å². The molecule has 1 saturated heterocycles. The van der Waals surface area contributed by atoms with E-state index in [2.05, 4.69) is 15.5 Å². The monoisotopic (exact) mass is 322 g/mol. The summed E-state index contributed by atoms with van der Waals surface area (Å²) < 4.78 is 0. The van der Waals surface area contributed by atoms with Gasteiger partial charge >= 0.3 is 0 Å². The molecule has 1 fully saturated rings. The average Bonchev–Trinajstić information content (AvgIpc) is 2.75. The zero-order valence-corrected chi connectivity index (χ0v) is 13.3. The van der Waals surface area contributed by atoms with Crippen LogP contribution in [-0.4, -0.2) is 55.2 Å². The van der Waals surface area contributed by atoms with Gasteiger partial charge in [-0.25, -0.2) is 0 Å². The number of carbonyl (C=O) groups excluding carboxylic acids is 2. The van der Waals surface area contributed by atoms with E-state index in [0.717, 1.165) is 43.2 Å². The van der Waals surface area contributed by atoms with Crippen molar-refractivity contribution in [3.05, 3.63) is 24.3 Å². The second kappa shape index (κ2) is 8.77. The number of amides is 2. The summed E-state index contributed by atoms with van der Waals surface area (Å²) in [5.74, 6) is -0.206. The number of benzene rings is 1. The van der Waals surface area contributed by atoms with Gasteiger partial charge in [-0.05, 0) is 31.6 Å². The Morgan fingerprint density at radius 3 is 2.91 bits per heavy atom. The number of primary amides is 1. The quantitative estimate of drug-likeness (QED) is 0.664. The second-order valence-corrected chi connectivity index (χ2v) is 6.20. The van der Waals surface area contributed by atoms with Crippen LogP contribution in [0.3, 0.4) is 0 Å². The van der Waals surface area contributed by atoms with Gasteiger partial charge in [-0.1, -0.05) is 12.1 Å². The predicted octanol–water partition coefficient (Wildman–Crippen LogP) is 0.498. The van der Waals surface area contributed by atoms with Crippen LogP contribution in [0.5, 0.6) is 0 Å². The van der Waals surface area contributed by atoms with Crippen molar-refractivity contribution in [2.45, 2.75) is 11.3 Å². The molecule has 0 bridgehead atoms. The van der Waals surface area contributed by atoms with E-state index >= 15 is 0 Å². The maximum Gasteiger partial charge on any atom is 0.238 e. The maximum absolute atomic E-state index is 12.2. The second-order valence-electron chi connectivity index (χ2n) is 5.18. The fraction of sp³-hybridized carbons (Fsp3) is 0.467. The number of carbonyl (C=O) groups is 2. The molecular weight excluding hydrogens is 300 g/mol. The molecular formula is C15H22N4O2S. The van der Waals surface area contributed by atoms with E-state index in [1.807, 2.05) is 24.3 Å². The highest BCUT2D eigenvalue weighted by molar-refractivity contribution is 8.00. The molecule has 4 N–H and O–H groups in total. The minimum Gasteiger partial charge on any atom is -0.369 e. The molecule has 0 aliphatic carbocycles. The van der Waals surface area contributed by atoms with E-state index in [-0.39, 0.29) is 17.6 Å². The van der Waals surface area contributed by atoms with E-state index in [0.29, 0.717) is 6.54 Å². The molecule has 0 unspecified atom stereocenters. The third-order valence-electron chi connectivity index (χ3n) is 3.33. The SMILES string of the molecule is NC(=O)CSc1ccccc1NC(=O)CN1CCCNCC1. The normalized spacial score (nSPS) is 16.0. The zero-order chi connectivity index (χ0) is 15.8. The highest BCUT2D eigenvalue weighted by atomic mass is 32.2. The number of hydrogen-bond acceptors (Lipinski definition) is 5. The molecule has 1 aliphatic heterocycles. The van der Waals surface area contributed by atoms with Crippen LogP contribution in [0.1, 0.15) is 6.42 Å². The molecule has 2 rings (SSSR count). The van der Waals surface area contributed by atoms with Crippen LogP contribution < -0.4 is 16.4 Å². The van der Waals surface area contributed by atoms with Gasteiger partial charge < -0.3 is 16.4 Å². The lowest BCUT2D eigenvalue weighted by atomic mass is 10.3. The molecule has 7 heteroatoms. The first-order chi connectivity index (χ1) is 10.6. The van der Waals surface area contributed by atoms with E-state index in [4.69, 9.17) is 5.73 Å². The topological polar surface area (TPSA) is 87.5 Å². The minimum absolute atomic E-state index is 0.0333. The van der Waals surface area contributed by atoms with Crippen molar-refractivity contribution < 1.29 is 9.59 Å². The largest absolute Gasteiger partial charge is 0.369 e. The molecule has 0 spiro atoms. The molecule has 1 aromatic carbocycles. The molecule has 1 heterocycles. The smallest absolute Gasteiger partial charge is 0.238 e. The standard InChI is InChI=1S/C15H22N4O2S/c16-14(20)11-22-13-5-2-1-4-12(13)18-15(21)10-19-8-3-6-17-7-9-19/h1-2,4-5,17H,3,6-11H2,(H2,16,20)(H,18,21). The van der Waals surface area contributed by atoms with Gasteiger partial charge in [0.1, 0.15) is 0 Å². The average molecular weight is 322 g/mol. The lowest BCUT2D eigenvalue weighted by Crippen LogP contribution is -2.35. The third-order valence-corrected chi connectivity index (χ3v) is 4.43. The number of thioether (sulfide) groups is 1. The summed E-state index contributed by atoms with van der Waals surface area (Å²) in [6.07, 6.45) is 1.05. The predicted molar refractivity (Wildman–Crippen MR) is 88.9 cm³/mol. The van der Waals surface area contributed by atoms with Crippen LogP contribution in [0.25, 0.3) is 0 Å². The Labute approximate surface area is 134 Å². The summed E-state index contributed by atoms with van der Waals surface area (Å²) in [7, 11) is 0. The van der Waals surface area contributed by atoms with Crippen molar-refractivity contribution in [2.24, 2.45) is 5.73 Å². The Bertz CT molecular complexity index is 516. The van der Waals surface area contributed by atoms with Crippen LogP contribution >= 0.6 is 11.8 Å². The maximum atomic E-state index is 12.2. The lowest BCUT2D eigenvalue weighted by molar-refractivity contribution is -0.117. The molecule has 0 aromatic heterocycles. The first kappa shape index (κ1) is 16.8. The number of nitrogens with zero attached hydrogens (tertiary/aromatic N) is 1. The Kier molecular flexibility index (Phi) is 6.70. The Balaban J connectivity index is 1.91. The van der Waals surface area contributed by atoms with E-state index in [1.165, 1.54) is 11.8 Å². The van der Waals surface area contributed by atoms with Crippen LogP contribution in [-0.2, 0) is 9.59 Å². The van der Waals surface area contributed by atoms with Gasteiger partial charge in [-0.3, -0.25) is 14.5 Å². The number of nitrogens with one attached hydrogen (secondary N) is 2. The number of para-hydroxylation sites is 1. The van der Waals surface area contributed by atoms with E-state index in [9.17, 15) is 9.59 Å². The molecule has 120 valence electrons. The van der Waals surface area contributed by atoms with Crippen LogP contribution in [0.15, 0.2) is 29.2 Å². The van der Waals surface area contributed by atoms with Crippen molar-refractivity contribution in [2.75, 3.05) is 43.8 Å². The zero-order valence-electron chi connectivity index (χ0n) is 12.5. The van der Waals surface area contributed by atoms with Gasteiger partial charge in [0.15, 0.2) is 0 Å². The number of anilines is 1. The Morgan fingerprint density at radius 1 is 1.27 bits per heavy atom. The van der Waals surface area contributed by atoms with Crippen molar-refractivity contribution in [1.29, 1.82) is 0 Å². The summed E-state index contributed by atoms with van der Waals surface area (Å²) in [6.45, 7) is 4.11.